The number of benzene rings is 1. The Morgan fingerprint density at radius 3 is 2.56 bits per heavy atom. The van der Waals surface area contributed by atoms with Crippen molar-refractivity contribution in [3.8, 4) is 0 Å². The summed E-state index contributed by atoms with van der Waals surface area (Å²) in [5.74, 6) is -0.597. The van der Waals surface area contributed by atoms with Crippen LogP contribution < -0.4 is 5.32 Å². The number of nitrogens with one attached hydrogen (secondary N) is 1. The minimum Gasteiger partial charge on any atom is -0.462 e. The van der Waals surface area contributed by atoms with Crippen molar-refractivity contribution < 1.29 is 27.5 Å². The van der Waals surface area contributed by atoms with Crippen LogP contribution in [0.2, 0.25) is 0 Å². The van der Waals surface area contributed by atoms with Crippen LogP contribution in [0.5, 0.6) is 0 Å². The molecule has 0 aliphatic carbocycles. The molecule has 1 saturated heterocycles. The average molecular weight is 518 g/mol. The Balaban J connectivity index is 1.45. The van der Waals surface area contributed by atoms with E-state index < -0.39 is 15.8 Å². The molecule has 4 rings (SSSR count). The first-order valence-electron chi connectivity index (χ1n) is 12.6. The van der Waals surface area contributed by atoms with Gasteiger partial charge < -0.3 is 14.8 Å². The number of hydrogen-bond donors (Lipinski definition) is 1. The number of sulfone groups is 1. The van der Waals surface area contributed by atoms with Gasteiger partial charge in [0, 0.05) is 31.9 Å². The van der Waals surface area contributed by atoms with Crippen molar-refractivity contribution in [1.82, 2.24) is 15.1 Å². The third-order valence-electron chi connectivity index (χ3n) is 7.25. The van der Waals surface area contributed by atoms with Gasteiger partial charge in [0.15, 0.2) is 9.84 Å². The maximum absolute atomic E-state index is 13.0. The van der Waals surface area contributed by atoms with Crippen LogP contribution in [0.1, 0.15) is 65.7 Å². The molecule has 1 fully saturated rings. The van der Waals surface area contributed by atoms with Gasteiger partial charge in [0.1, 0.15) is 5.69 Å². The smallest absolute Gasteiger partial charge is 0.338 e. The first kappa shape index (κ1) is 26.3. The lowest BCUT2D eigenvalue weighted by Crippen LogP contribution is -2.40. The molecule has 1 aromatic heterocycles. The van der Waals surface area contributed by atoms with E-state index in [2.05, 4.69) is 5.32 Å². The molecular formula is C26H35N3O6S. The number of hydrogen-bond acceptors (Lipinski definition) is 7. The highest BCUT2D eigenvalue weighted by Crippen LogP contribution is 2.38. The molecule has 2 aliphatic heterocycles. The average Bonchev–Trinajstić information content (AvgIpc) is 3.15. The lowest BCUT2D eigenvalue weighted by molar-refractivity contribution is 0.0160. The second-order valence-corrected chi connectivity index (χ2v) is 12.2. The number of carbonyl (C=O) groups excluding carboxylic acids is 2. The van der Waals surface area contributed by atoms with Gasteiger partial charge in [-0.05, 0) is 68.2 Å². The summed E-state index contributed by atoms with van der Waals surface area (Å²) >= 11 is 0. The van der Waals surface area contributed by atoms with Crippen LogP contribution in [0, 0.1) is 11.3 Å². The van der Waals surface area contributed by atoms with Crippen LogP contribution in [0.3, 0.4) is 0 Å². The van der Waals surface area contributed by atoms with Gasteiger partial charge in [-0.3, -0.25) is 9.48 Å². The van der Waals surface area contributed by atoms with E-state index in [9.17, 15) is 18.0 Å². The predicted octanol–water partition coefficient (Wildman–Crippen LogP) is 2.81. The van der Waals surface area contributed by atoms with Crippen LogP contribution in [-0.2, 0) is 38.7 Å². The van der Waals surface area contributed by atoms with Crippen molar-refractivity contribution in [2.45, 2.75) is 57.9 Å². The highest BCUT2D eigenvalue weighted by atomic mass is 32.2. The van der Waals surface area contributed by atoms with Crippen molar-refractivity contribution in [3.05, 3.63) is 46.8 Å². The van der Waals surface area contributed by atoms with Gasteiger partial charge in [-0.1, -0.05) is 13.8 Å². The Morgan fingerprint density at radius 1 is 1.22 bits per heavy atom. The summed E-state index contributed by atoms with van der Waals surface area (Å²) in [5.41, 5.74) is 2.80. The predicted molar refractivity (Wildman–Crippen MR) is 134 cm³/mol. The summed E-state index contributed by atoms with van der Waals surface area (Å²) in [4.78, 5) is 25.7. The molecule has 0 bridgehead atoms. The molecule has 1 spiro atoms. The van der Waals surface area contributed by atoms with Crippen LogP contribution in [0.15, 0.2) is 29.2 Å². The maximum Gasteiger partial charge on any atom is 0.338 e. The second kappa shape index (κ2) is 10.7. The molecule has 1 atom stereocenters. The molecular weight excluding hydrogens is 482 g/mol. The van der Waals surface area contributed by atoms with Crippen molar-refractivity contribution in [1.29, 1.82) is 0 Å². The summed E-state index contributed by atoms with van der Waals surface area (Å²) < 4.78 is 36.9. The van der Waals surface area contributed by atoms with Crippen molar-refractivity contribution >= 4 is 21.7 Å². The fraction of sp³-hybridized carbons (Fsp3) is 0.577. The van der Waals surface area contributed by atoms with Crippen LogP contribution >= 0.6 is 0 Å². The van der Waals surface area contributed by atoms with Gasteiger partial charge >= 0.3 is 5.97 Å². The molecule has 10 heteroatoms. The molecule has 1 N–H and O–H groups in total. The Morgan fingerprint density at radius 2 is 1.92 bits per heavy atom. The van der Waals surface area contributed by atoms with Crippen LogP contribution in [-0.4, -0.2) is 62.2 Å². The zero-order valence-electron chi connectivity index (χ0n) is 21.2. The van der Waals surface area contributed by atoms with Gasteiger partial charge in [-0.2, -0.15) is 5.10 Å². The monoisotopic (exact) mass is 517 g/mol. The minimum absolute atomic E-state index is 0.00234. The summed E-state index contributed by atoms with van der Waals surface area (Å²) in [6.07, 6.45) is 3.15. The number of aromatic nitrogens is 2. The fourth-order valence-electron chi connectivity index (χ4n) is 4.98. The Bertz CT molecular complexity index is 1210. The fourth-order valence-corrected chi connectivity index (χ4v) is 5.87. The van der Waals surface area contributed by atoms with Crippen molar-refractivity contribution in [2.75, 3.05) is 32.1 Å². The topological polar surface area (TPSA) is 117 Å². The molecule has 2 aromatic rings. The zero-order valence-corrected chi connectivity index (χ0v) is 22.0. The molecule has 9 nitrogen and oxygen atoms in total. The van der Waals surface area contributed by atoms with Crippen LogP contribution in [0.25, 0.3) is 0 Å². The van der Waals surface area contributed by atoms with Gasteiger partial charge in [-0.15, -0.1) is 0 Å². The SMILES string of the molecule is CCn1nc(C[C@@H](C)COC(=O)c2ccc(S(=O)(=O)CC)cc2)c2c1C(=O)NCC1(CCOCC1)C2. The van der Waals surface area contributed by atoms with E-state index in [1.54, 1.807) is 11.6 Å². The molecule has 0 unspecified atom stereocenters. The van der Waals surface area contributed by atoms with E-state index in [-0.39, 0.29) is 34.5 Å². The summed E-state index contributed by atoms with van der Waals surface area (Å²) in [5, 5.41) is 7.89. The Kier molecular flexibility index (Phi) is 7.85. The highest BCUT2D eigenvalue weighted by Gasteiger charge is 2.39. The molecule has 196 valence electrons. The van der Waals surface area contributed by atoms with Crippen molar-refractivity contribution in [2.24, 2.45) is 11.3 Å². The maximum atomic E-state index is 13.0. The molecule has 0 saturated carbocycles. The standard InChI is InChI=1S/C26H35N3O6S/c1-4-29-23-21(15-26(17-27-24(23)30)10-12-34-13-11-26)22(28-29)14-18(3)16-35-25(31)19-6-8-20(9-7-19)36(32,33)5-2/h6-9,18H,4-5,10-17H2,1-3H3,(H,27,30)/t18-/m1/s1. The van der Waals surface area contributed by atoms with Gasteiger partial charge in [-0.25, -0.2) is 13.2 Å². The lowest BCUT2D eigenvalue weighted by Gasteiger charge is -2.36. The van der Waals surface area contributed by atoms with E-state index in [0.29, 0.717) is 44.0 Å². The lowest BCUT2D eigenvalue weighted by atomic mass is 9.75. The summed E-state index contributed by atoms with van der Waals surface area (Å²) in [6, 6.07) is 5.82. The number of amides is 1. The molecule has 0 radical (unpaired) electrons. The molecule has 36 heavy (non-hydrogen) atoms. The molecule has 3 heterocycles. The van der Waals surface area contributed by atoms with E-state index in [0.717, 1.165) is 30.5 Å². The molecule has 2 aliphatic rings. The summed E-state index contributed by atoms with van der Waals surface area (Å²) in [6.45, 7) is 8.35. The number of aryl methyl sites for hydroxylation is 1. The summed E-state index contributed by atoms with van der Waals surface area (Å²) in [7, 11) is -3.32. The normalized spacial score (nSPS) is 18.2. The molecule has 1 amide bonds. The number of nitrogens with zero attached hydrogens (tertiary/aromatic N) is 2. The van der Waals surface area contributed by atoms with E-state index in [1.807, 2.05) is 13.8 Å². The number of esters is 1. The second-order valence-electron chi connectivity index (χ2n) is 9.90. The number of carbonyl (C=O) groups is 2. The number of ether oxygens (including phenoxy) is 2. The third kappa shape index (κ3) is 5.49. The minimum atomic E-state index is -3.32. The zero-order chi connectivity index (χ0) is 25.9. The van der Waals surface area contributed by atoms with Gasteiger partial charge in [0.2, 0.25) is 0 Å². The Labute approximate surface area is 212 Å². The van der Waals surface area contributed by atoms with Gasteiger partial charge in [0.25, 0.3) is 5.91 Å². The quantitative estimate of drug-likeness (QED) is 0.535. The van der Waals surface area contributed by atoms with E-state index in [1.165, 1.54) is 24.3 Å². The Hall–Kier alpha value is -2.72. The first-order chi connectivity index (χ1) is 17.2. The largest absolute Gasteiger partial charge is 0.462 e. The highest BCUT2D eigenvalue weighted by molar-refractivity contribution is 7.91. The van der Waals surface area contributed by atoms with E-state index in [4.69, 9.17) is 14.6 Å². The first-order valence-corrected chi connectivity index (χ1v) is 14.3. The number of fused-ring (bicyclic) bond motifs is 1. The van der Waals surface area contributed by atoms with Crippen molar-refractivity contribution in [3.63, 3.8) is 0 Å². The molecule has 1 aromatic carbocycles. The number of rotatable bonds is 8. The third-order valence-corrected chi connectivity index (χ3v) is 9.00. The van der Waals surface area contributed by atoms with E-state index >= 15 is 0 Å². The van der Waals surface area contributed by atoms with Gasteiger partial charge in [0.05, 0.1) is 28.5 Å². The van der Waals surface area contributed by atoms with Crippen LogP contribution in [0.4, 0.5) is 0 Å².